The Hall–Kier alpha value is -0.330. The molecule has 130 valence electrons. The second kappa shape index (κ2) is 8.17. The molecule has 1 N–H and O–H groups in total. The van der Waals surface area contributed by atoms with E-state index in [9.17, 15) is 13.5 Å². The molecule has 7 nitrogen and oxygen atoms in total. The molecule has 0 saturated carbocycles. The van der Waals surface area contributed by atoms with Crippen molar-refractivity contribution in [2.45, 2.75) is 35.8 Å². The molecule has 9 heteroatoms. The van der Waals surface area contributed by atoms with Crippen molar-refractivity contribution in [3.05, 3.63) is 29.6 Å². The van der Waals surface area contributed by atoms with Gasteiger partial charge in [-0.3, -0.25) is 9.17 Å². The topological polar surface area (TPSA) is 95.0 Å². The fourth-order valence-corrected chi connectivity index (χ4v) is 3.10. The first kappa shape index (κ1) is 19.0. The zero-order chi connectivity index (χ0) is 16.9. The molecule has 1 aliphatic rings. The van der Waals surface area contributed by atoms with Crippen molar-refractivity contribution >= 4 is 32.7 Å². The fraction of sp³-hybridized carbons (Fsp3) is 0.643. The molecule has 0 aliphatic carbocycles. The maximum Gasteiger partial charge on any atom is 0.264 e. The first-order valence-electron chi connectivity index (χ1n) is 7.20. The van der Waals surface area contributed by atoms with Crippen LogP contribution in [0.25, 0.3) is 0 Å². The SMILES string of the molecule is CS(=O)(=O)OC[C@](O)(I)c1ccc(COC2CCCCO2)nc1. The Morgan fingerprint density at radius 3 is 2.83 bits per heavy atom. The van der Waals surface area contributed by atoms with Gasteiger partial charge in [0.15, 0.2) is 9.90 Å². The van der Waals surface area contributed by atoms with E-state index in [0.717, 1.165) is 32.1 Å². The monoisotopic (exact) mass is 457 g/mol. The lowest BCUT2D eigenvalue weighted by Crippen LogP contribution is -2.26. The lowest BCUT2D eigenvalue weighted by atomic mass is 10.1. The van der Waals surface area contributed by atoms with Gasteiger partial charge in [-0.05, 0) is 47.9 Å². The quantitative estimate of drug-likeness (QED) is 0.378. The third kappa shape index (κ3) is 6.59. The van der Waals surface area contributed by atoms with Gasteiger partial charge in [-0.1, -0.05) is 6.07 Å². The second-order valence-corrected chi connectivity index (χ2v) is 8.80. The first-order chi connectivity index (χ1) is 10.8. The molecule has 2 atom stereocenters. The molecule has 0 aromatic carbocycles. The average Bonchev–Trinajstić information content (AvgIpc) is 2.52. The maximum absolute atomic E-state index is 11.0. The lowest BCUT2D eigenvalue weighted by molar-refractivity contribution is -0.169. The van der Waals surface area contributed by atoms with E-state index in [1.807, 2.05) is 0 Å². The molecular formula is C14H20INO6S. The third-order valence-corrected chi connectivity index (χ3v) is 4.77. The molecule has 1 aliphatic heterocycles. The lowest BCUT2D eigenvalue weighted by Gasteiger charge is -2.23. The van der Waals surface area contributed by atoms with Crippen LogP contribution in [0, 0.1) is 0 Å². The summed E-state index contributed by atoms with van der Waals surface area (Å²) in [5.41, 5.74) is 1.17. The van der Waals surface area contributed by atoms with Crippen molar-refractivity contribution in [3.63, 3.8) is 0 Å². The highest BCUT2D eigenvalue weighted by molar-refractivity contribution is 14.1. The number of pyridine rings is 1. The van der Waals surface area contributed by atoms with Crippen LogP contribution in [-0.2, 0) is 34.0 Å². The van der Waals surface area contributed by atoms with Gasteiger partial charge >= 0.3 is 0 Å². The van der Waals surface area contributed by atoms with Crippen LogP contribution < -0.4 is 0 Å². The largest absolute Gasteiger partial charge is 0.373 e. The van der Waals surface area contributed by atoms with Gasteiger partial charge in [0.25, 0.3) is 10.1 Å². The van der Waals surface area contributed by atoms with Crippen molar-refractivity contribution in [2.75, 3.05) is 19.5 Å². The number of hydrogen-bond acceptors (Lipinski definition) is 7. The minimum atomic E-state index is -3.61. The van der Waals surface area contributed by atoms with Crippen molar-refractivity contribution in [3.8, 4) is 0 Å². The Labute approximate surface area is 149 Å². The summed E-state index contributed by atoms with van der Waals surface area (Å²) in [7, 11) is -3.61. The van der Waals surface area contributed by atoms with Gasteiger partial charge < -0.3 is 14.6 Å². The van der Waals surface area contributed by atoms with Gasteiger partial charge in [-0.15, -0.1) is 0 Å². The van der Waals surface area contributed by atoms with Gasteiger partial charge in [0.1, 0.15) is 6.61 Å². The molecule has 1 unspecified atom stereocenters. The van der Waals surface area contributed by atoms with Gasteiger partial charge in [0.2, 0.25) is 0 Å². The molecule has 0 radical (unpaired) electrons. The summed E-state index contributed by atoms with van der Waals surface area (Å²) in [6.07, 6.45) is 5.28. The van der Waals surface area contributed by atoms with E-state index in [2.05, 4.69) is 9.17 Å². The van der Waals surface area contributed by atoms with Crippen LogP contribution in [0.3, 0.4) is 0 Å². The summed E-state index contributed by atoms with van der Waals surface area (Å²) in [6, 6.07) is 3.40. The molecule has 2 heterocycles. The predicted octanol–water partition coefficient (Wildman–Crippen LogP) is 1.68. The van der Waals surface area contributed by atoms with Crippen LogP contribution in [0.4, 0.5) is 0 Å². The standard InChI is InChI=1S/C14H20INO6S/c1-23(18,19)22-10-14(15,17)11-5-6-12(16-8-11)9-21-13-4-2-3-7-20-13/h5-6,8,13,17H,2-4,7,9-10H2,1H3/t13?,14-/m1/s1. The first-order valence-corrected chi connectivity index (χ1v) is 10.1. The second-order valence-electron chi connectivity index (χ2n) is 5.37. The Balaban J connectivity index is 1.90. The number of alkyl halides is 1. The van der Waals surface area contributed by atoms with Crippen LogP contribution in [0.15, 0.2) is 18.3 Å². The van der Waals surface area contributed by atoms with Crippen molar-refractivity contribution < 1.29 is 27.2 Å². The zero-order valence-electron chi connectivity index (χ0n) is 12.8. The predicted molar refractivity (Wildman–Crippen MR) is 91.3 cm³/mol. The van der Waals surface area contributed by atoms with E-state index in [1.54, 1.807) is 34.7 Å². The van der Waals surface area contributed by atoms with Crippen molar-refractivity contribution in [1.29, 1.82) is 0 Å². The summed E-state index contributed by atoms with van der Waals surface area (Å²) in [5, 5.41) is 10.3. The van der Waals surface area contributed by atoms with Crippen LogP contribution in [0.5, 0.6) is 0 Å². The summed E-state index contributed by atoms with van der Waals surface area (Å²) < 4.78 is 36.3. The Kier molecular flexibility index (Phi) is 6.75. The van der Waals surface area contributed by atoms with Crippen LogP contribution in [0.1, 0.15) is 30.5 Å². The number of hydrogen-bond donors (Lipinski definition) is 1. The molecule has 2 rings (SSSR count). The normalized spacial score (nSPS) is 21.8. The van der Waals surface area contributed by atoms with Gasteiger partial charge in [-0.2, -0.15) is 8.42 Å². The molecule has 1 fully saturated rings. The van der Waals surface area contributed by atoms with Crippen LogP contribution in [0.2, 0.25) is 0 Å². The maximum atomic E-state index is 11.0. The zero-order valence-corrected chi connectivity index (χ0v) is 15.7. The van der Waals surface area contributed by atoms with E-state index in [1.165, 1.54) is 6.20 Å². The average molecular weight is 457 g/mol. The number of aliphatic hydroxyl groups is 1. The van der Waals surface area contributed by atoms with Crippen molar-refractivity contribution in [1.82, 2.24) is 4.98 Å². The molecule has 0 bridgehead atoms. The van der Waals surface area contributed by atoms with E-state index < -0.39 is 13.7 Å². The minimum absolute atomic E-state index is 0.185. The summed E-state index contributed by atoms with van der Waals surface area (Å²) in [6.45, 7) is 0.670. The Morgan fingerprint density at radius 1 is 1.48 bits per heavy atom. The van der Waals surface area contributed by atoms with Gasteiger partial charge in [-0.25, -0.2) is 0 Å². The van der Waals surface area contributed by atoms with E-state index in [4.69, 9.17) is 9.47 Å². The molecule has 1 aromatic heterocycles. The smallest absolute Gasteiger partial charge is 0.264 e. The number of halogens is 1. The highest BCUT2D eigenvalue weighted by atomic mass is 127. The van der Waals surface area contributed by atoms with Crippen molar-refractivity contribution in [2.24, 2.45) is 0 Å². The molecular weight excluding hydrogens is 437 g/mol. The minimum Gasteiger partial charge on any atom is -0.373 e. The summed E-state index contributed by atoms with van der Waals surface area (Å²) in [5.74, 6) is 0. The van der Waals surface area contributed by atoms with E-state index in [0.29, 0.717) is 17.9 Å². The molecule has 23 heavy (non-hydrogen) atoms. The van der Waals surface area contributed by atoms with E-state index in [-0.39, 0.29) is 12.9 Å². The molecule has 1 saturated heterocycles. The Bertz CT molecular complexity index is 598. The third-order valence-electron chi connectivity index (χ3n) is 3.29. The number of rotatable bonds is 7. The molecule has 0 amide bonds. The highest BCUT2D eigenvalue weighted by Crippen LogP contribution is 2.29. The number of nitrogens with zero attached hydrogens (tertiary/aromatic N) is 1. The summed E-state index contributed by atoms with van der Waals surface area (Å²) >= 11 is 1.72. The van der Waals surface area contributed by atoms with Crippen LogP contribution in [-0.4, -0.2) is 44.3 Å². The van der Waals surface area contributed by atoms with Crippen LogP contribution >= 0.6 is 22.6 Å². The highest BCUT2D eigenvalue weighted by Gasteiger charge is 2.28. The molecule has 1 aromatic rings. The fourth-order valence-electron chi connectivity index (χ4n) is 2.03. The summed E-state index contributed by atoms with van der Waals surface area (Å²) in [4.78, 5) is 4.22. The Morgan fingerprint density at radius 2 is 2.26 bits per heavy atom. The number of ether oxygens (including phenoxy) is 2. The molecule has 0 spiro atoms. The van der Waals surface area contributed by atoms with Gasteiger partial charge in [0, 0.05) is 18.4 Å². The number of aromatic nitrogens is 1. The van der Waals surface area contributed by atoms with E-state index >= 15 is 0 Å². The van der Waals surface area contributed by atoms with Gasteiger partial charge in [0.05, 0.1) is 18.6 Å².